The van der Waals surface area contributed by atoms with E-state index in [2.05, 4.69) is 39.7 Å². The summed E-state index contributed by atoms with van der Waals surface area (Å²) in [7, 11) is -4.02. The zero-order valence-electron chi connectivity index (χ0n) is 16.2. The number of nitrogens with zero attached hydrogens (tertiary/aromatic N) is 3. The molecule has 29 heavy (non-hydrogen) atoms. The molecule has 1 aliphatic heterocycles. The summed E-state index contributed by atoms with van der Waals surface area (Å²) in [6.45, 7) is 4.05. The fraction of sp³-hybridized carbons (Fsp3) is 0.333. The van der Waals surface area contributed by atoms with Gasteiger partial charge in [-0.3, -0.25) is 4.55 Å². The van der Waals surface area contributed by atoms with Crippen molar-refractivity contribution in [2.75, 3.05) is 13.1 Å². The fourth-order valence-corrected chi connectivity index (χ4v) is 3.54. The Morgan fingerprint density at radius 2 is 1.66 bits per heavy atom. The molecule has 0 bridgehead atoms. The molecule has 1 saturated carbocycles. The van der Waals surface area contributed by atoms with Gasteiger partial charge in [0.1, 0.15) is 6.33 Å². The van der Waals surface area contributed by atoms with Crippen LogP contribution in [-0.4, -0.2) is 40.8 Å². The molecule has 1 aliphatic carbocycles. The van der Waals surface area contributed by atoms with Crippen molar-refractivity contribution in [3.05, 3.63) is 71.8 Å². The predicted octanol–water partition coefficient (Wildman–Crippen LogP) is 3.07. The molecule has 5 rings (SSSR count). The molecule has 0 unspecified atom stereocenters. The summed E-state index contributed by atoms with van der Waals surface area (Å²) in [5.41, 5.74) is 3.47. The van der Waals surface area contributed by atoms with E-state index in [-0.39, 0.29) is 4.90 Å². The van der Waals surface area contributed by atoms with Crippen LogP contribution in [-0.2, 0) is 10.1 Å². The molecule has 1 saturated heterocycles. The molecule has 0 amide bonds. The van der Waals surface area contributed by atoms with Crippen LogP contribution in [0, 0.1) is 6.92 Å². The number of benzene rings is 2. The lowest BCUT2D eigenvalue weighted by Gasteiger charge is -2.27. The summed E-state index contributed by atoms with van der Waals surface area (Å²) in [6.07, 6.45) is 4.32. The van der Waals surface area contributed by atoms with E-state index in [0.717, 1.165) is 30.2 Å². The normalized spacial score (nSPS) is 16.6. The predicted molar refractivity (Wildman–Crippen MR) is 110 cm³/mol. The van der Waals surface area contributed by atoms with Crippen LogP contribution in [0.1, 0.15) is 41.6 Å². The molecule has 3 aromatic rings. The van der Waals surface area contributed by atoms with Gasteiger partial charge in [0.15, 0.2) is 5.82 Å². The van der Waals surface area contributed by atoms with Gasteiger partial charge in [0.25, 0.3) is 10.1 Å². The SMILES string of the molecule is Cc1ccc(S(=O)(=O)O)cc1.c1cc(-n2cnc(C3CC3)n2)ccc1C1CNC1. The van der Waals surface area contributed by atoms with Crippen molar-refractivity contribution >= 4 is 10.1 Å². The van der Waals surface area contributed by atoms with E-state index in [1.54, 1.807) is 12.1 Å². The summed E-state index contributed by atoms with van der Waals surface area (Å²) in [5, 5.41) is 7.85. The Balaban J connectivity index is 0.000000161. The number of aromatic nitrogens is 3. The molecule has 2 fully saturated rings. The molecule has 0 atom stereocenters. The van der Waals surface area contributed by atoms with Crippen LogP contribution in [0.5, 0.6) is 0 Å². The first-order valence-electron chi connectivity index (χ1n) is 9.67. The van der Waals surface area contributed by atoms with E-state index < -0.39 is 10.1 Å². The number of nitrogens with one attached hydrogen (secondary N) is 1. The van der Waals surface area contributed by atoms with Gasteiger partial charge in [0.2, 0.25) is 0 Å². The number of hydrogen-bond donors (Lipinski definition) is 2. The number of rotatable bonds is 4. The van der Waals surface area contributed by atoms with Gasteiger partial charge in [0.05, 0.1) is 10.6 Å². The highest BCUT2D eigenvalue weighted by Gasteiger charge is 2.27. The van der Waals surface area contributed by atoms with Crippen LogP contribution < -0.4 is 5.32 Å². The Bertz CT molecular complexity index is 1070. The second-order valence-corrected chi connectivity index (χ2v) is 8.98. The van der Waals surface area contributed by atoms with Crippen molar-refractivity contribution in [2.45, 2.75) is 36.5 Å². The smallest absolute Gasteiger partial charge is 0.294 e. The van der Waals surface area contributed by atoms with Crippen LogP contribution >= 0.6 is 0 Å². The van der Waals surface area contributed by atoms with E-state index in [9.17, 15) is 8.42 Å². The summed E-state index contributed by atoms with van der Waals surface area (Å²) < 4.78 is 31.4. The minimum atomic E-state index is -4.02. The first-order valence-corrected chi connectivity index (χ1v) is 11.1. The highest BCUT2D eigenvalue weighted by Crippen LogP contribution is 2.37. The first kappa shape index (κ1) is 19.8. The van der Waals surface area contributed by atoms with Crippen LogP contribution in [0.2, 0.25) is 0 Å². The molecule has 2 heterocycles. The minimum Gasteiger partial charge on any atom is -0.315 e. The highest BCUT2D eigenvalue weighted by atomic mass is 32.2. The molecule has 0 spiro atoms. The summed E-state index contributed by atoms with van der Waals surface area (Å²) in [4.78, 5) is 4.31. The van der Waals surface area contributed by atoms with Crippen LogP contribution in [0.4, 0.5) is 0 Å². The van der Waals surface area contributed by atoms with Crippen molar-refractivity contribution < 1.29 is 13.0 Å². The second-order valence-electron chi connectivity index (χ2n) is 7.56. The monoisotopic (exact) mass is 412 g/mol. The molecule has 152 valence electrons. The fourth-order valence-electron chi connectivity index (χ4n) is 3.06. The van der Waals surface area contributed by atoms with Gasteiger partial charge in [-0.15, -0.1) is 0 Å². The zero-order valence-corrected chi connectivity index (χ0v) is 17.0. The van der Waals surface area contributed by atoms with Gasteiger partial charge < -0.3 is 5.32 Å². The molecule has 7 nitrogen and oxygen atoms in total. The quantitative estimate of drug-likeness (QED) is 0.639. The zero-order chi connectivity index (χ0) is 20.4. The van der Waals surface area contributed by atoms with Crippen LogP contribution in [0.3, 0.4) is 0 Å². The van der Waals surface area contributed by atoms with Crippen molar-refractivity contribution in [2.24, 2.45) is 0 Å². The summed E-state index contributed by atoms with van der Waals surface area (Å²) in [5.74, 6) is 2.31. The minimum absolute atomic E-state index is 0.0666. The molecule has 2 aliphatic rings. The third-order valence-electron chi connectivity index (χ3n) is 5.18. The van der Waals surface area contributed by atoms with Gasteiger partial charge in [-0.05, 0) is 49.6 Å². The third-order valence-corrected chi connectivity index (χ3v) is 6.05. The van der Waals surface area contributed by atoms with Crippen LogP contribution in [0.15, 0.2) is 59.8 Å². The maximum absolute atomic E-state index is 10.5. The molecule has 8 heteroatoms. The Labute approximate surface area is 170 Å². The topological polar surface area (TPSA) is 97.1 Å². The van der Waals surface area contributed by atoms with Crippen molar-refractivity contribution in [1.82, 2.24) is 20.1 Å². The third kappa shape index (κ3) is 4.90. The molecule has 2 N–H and O–H groups in total. The van der Waals surface area contributed by atoms with Gasteiger partial charge in [-0.1, -0.05) is 29.8 Å². The molecule has 0 radical (unpaired) electrons. The van der Waals surface area contributed by atoms with E-state index in [0.29, 0.717) is 11.8 Å². The Kier molecular flexibility index (Phi) is 5.49. The largest absolute Gasteiger partial charge is 0.315 e. The standard InChI is InChI=1S/C14H16N4.C7H8O3S/c1-2-11(1)14-16-9-18(17-14)13-5-3-10(4-6-13)12-7-15-8-12;1-6-2-4-7(5-3-6)11(8,9)10/h3-6,9,11-12,15H,1-2,7-8H2;2-5H,1H3,(H,8,9,10). The molecular formula is C21H24N4O3S. The van der Waals surface area contributed by atoms with Gasteiger partial charge in [-0.2, -0.15) is 13.5 Å². The van der Waals surface area contributed by atoms with Crippen molar-refractivity contribution in [3.63, 3.8) is 0 Å². The second kappa shape index (κ2) is 8.06. The van der Waals surface area contributed by atoms with Gasteiger partial charge in [-0.25, -0.2) is 9.67 Å². The lowest BCUT2D eigenvalue weighted by molar-refractivity contribution is 0.448. The summed E-state index contributed by atoms with van der Waals surface area (Å²) >= 11 is 0. The highest BCUT2D eigenvalue weighted by molar-refractivity contribution is 7.85. The molecule has 2 aromatic carbocycles. The van der Waals surface area contributed by atoms with Gasteiger partial charge in [0, 0.05) is 24.9 Å². The van der Waals surface area contributed by atoms with Crippen molar-refractivity contribution in [1.29, 1.82) is 0 Å². The van der Waals surface area contributed by atoms with Crippen molar-refractivity contribution in [3.8, 4) is 5.69 Å². The number of aryl methyl sites for hydroxylation is 1. The van der Waals surface area contributed by atoms with Gasteiger partial charge >= 0.3 is 0 Å². The average Bonchev–Trinajstić information content (AvgIpc) is 3.38. The molecule has 1 aromatic heterocycles. The Morgan fingerprint density at radius 1 is 1.00 bits per heavy atom. The number of hydrogen-bond acceptors (Lipinski definition) is 5. The Hall–Kier alpha value is -2.55. The maximum atomic E-state index is 10.5. The lowest BCUT2D eigenvalue weighted by atomic mass is 9.94. The maximum Gasteiger partial charge on any atom is 0.294 e. The Morgan fingerprint density at radius 3 is 2.17 bits per heavy atom. The van der Waals surface area contributed by atoms with E-state index in [1.165, 1.54) is 30.5 Å². The lowest BCUT2D eigenvalue weighted by Crippen LogP contribution is -2.39. The summed E-state index contributed by atoms with van der Waals surface area (Å²) in [6, 6.07) is 14.7. The van der Waals surface area contributed by atoms with E-state index >= 15 is 0 Å². The molecular weight excluding hydrogens is 388 g/mol. The van der Waals surface area contributed by atoms with E-state index in [4.69, 9.17) is 4.55 Å². The average molecular weight is 413 g/mol. The van der Waals surface area contributed by atoms with Crippen LogP contribution in [0.25, 0.3) is 5.69 Å². The van der Waals surface area contributed by atoms with E-state index in [1.807, 2.05) is 17.9 Å². The first-order chi connectivity index (χ1) is 13.9.